The number of phenols is 1. The van der Waals surface area contributed by atoms with Crippen LogP contribution in [-0.4, -0.2) is 19.9 Å². The third kappa shape index (κ3) is 2.00. The average Bonchev–Trinajstić information content (AvgIpc) is 2.96. The summed E-state index contributed by atoms with van der Waals surface area (Å²) in [5.74, 6) is 0.257. The quantitative estimate of drug-likeness (QED) is 0.783. The van der Waals surface area contributed by atoms with Gasteiger partial charge in [0, 0.05) is 23.7 Å². The fourth-order valence-corrected chi connectivity index (χ4v) is 3.16. The number of thiazole rings is 1. The lowest BCUT2D eigenvalue weighted by atomic mass is 10.1. The van der Waals surface area contributed by atoms with E-state index in [1.165, 1.54) is 11.3 Å². The number of aromatic nitrogens is 3. The lowest BCUT2D eigenvalue weighted by Gasteiger charge is -2.00. The van der Waals surface area contributed by atoms with Gasteiger partial charge < -0.3 is 5.11 Å². The number of rotatable bonds is 2. The Kier molecular flexibility index (Phi) is 3.06. The van der Waals surface area contributed by atoms with E-state index in [1.807, 2.05) is 49.2 Å². The van der Waals surface area contributed by atoms with Crippen molar-refractivity contribution in [3.05, 3.63) is 41.0 Å². The molecule has 0 aliphatic heterocycles. The number of aromatic hydroxyl groups is 1. The van der Waals surface area contributed by atoms with Crippen LogP contribution in [0.2, 0.25) is 0 Å². The normalized spacial score (nSPS) is 10.9. The number of aryl methyl sites for hydroxylation is 2. The smallest absolute Gasteiger partial charge is 0.127 e. The SMILES string of the molecule is Cc1nn(C)c(C)c1-c1csc(-c2ccccc2O)n1. The third-order valence-corrected chi connectivity index (χ3v) is 4.28. The maximum atomic E-state index is 9.91. The van der Waals surface area contributed by atoms with Gasteiger partial charge >= 0.3 is 0 Å². The predicted octanol–water partition coefficient (Wildman–Crippen LogP) is 3.53. The first-order valence-corrected chi connectivity index (χ1v) is 7.20. The van der Waals surface area contributed by atoms with E-state index in [9.17, 15) is 5.11 Å². The molecule has 0 atom stereocenters. The number of hydrogen-bond acceptors (Lipinski definition) is 4. The standard InChI is InChI=1S/C15H15N3OS/c1-9-14(10(2)18(3)17-9)12-8-20-15(16-12)11-6-4-5-7-13(11)19/h4-8,19H,1-3H3. The zero-order valence-electron chi connectivity index (χ0n) is 11.6. The first-order chi connectivity index (χ1) is 9.58. The summed E-state index contributed by atoms with van der Waals surface area (Å²) in [6.45, 7) is 4.02. The Labute approximate surface area is 121 Å². The van der Waals surface area contributed by atoms with Crippen molar-refractivity contribution >= 4 is 11.3 Å². The van der Waals surface area contributed by atoms with E-state index in [2.05, 4.69) is 10.1 Å². The first kappa shape index (κ1) is 12.9. The maximum Gasteiger partial charge on any atom is 0.127 e. The summed E-state index contributed by atoms with van der Waals surface area (Å²) in [6, 6.07) is 7.26. The van der Waals surface area contributed by atoms with Gasteiger partial charge in [0.15, 0.2) is 0 Å². The number of nitrogens with zero attached hydrogens (tertiary/aromatic N) is 3. The predicted molar refractivity (Wildman–Crippen MR) is 80.9 cm³/mol. The van der Waals surface area contributed by atoms with Crippen LogP contribution >= 0.6 is 11.3 Å². The van der Waals surface area contributed by atoms with Crippen LogP contribution in [0.25, 0.3) is 21.8 Å². The Bertz CT molecular complexity index is 773. The van der Waals surface area contributed by atoms with Crippen LogP contribution in [0.4, 0.5) is 0 Å². The van der Waals surface area contributed by atoms with Gasteiger partial charge in [0.1, 0.15) is 10.8 Å². The van der Waals surface area contributed by atoms with Crippen molar-refractivity contribution < 1.29 is 5.11 Å². The van der Waals surface area contributed by atoms with Gasteiger partial charge in [-0.25, -0.2) is 4.98 Å². The summed E-state index contributed by atoms with van der Waals surface area (Å²) >= 11 is 1.53. The molecule has 20 heavy (non-hydrogen) atoms. The molecule has 0 saturated carbocycles. The van der Waals surface area contributed by atoms with Gasteiger partial charge in [-0.3, -0.25) is 4.68 Å². The van der Waals surface area contributed by atoms with Gasteiger partial charge in [-0.2, -0.15) is 5.10 Å². The summed E-state index contributed by atoms with van der Waals surface area (Å²) in [5, 5.41) is 17.2. The topological polar surface area (TPSA) is 50.9 Å². The van der Waals surface area contributed by atoms with Gasteiger partial charge in [0.2, 0.25) is 0 Å². The minimum absolute atomic E-state index is 0.257. The van der Waals surface area contributed by atoms with Gasteiger partial charge in [0.05, 0.1) is 17.0 Å². The molecule has 1 aromatic carbocycles. The van der Waals surface area contributed by atoms with Crippen LogP contribution in [0.5, 0.6) is 5.75 Å². The second-order valence-corrected chi connectivity index (χ2v) is 5.58. The Balaban J connectivity index is 2.09. The number of benzene rings is 1. The highest BCUT2D eigenvalue weighted by molar-refractivity contribution is 7.13. The Morgan fingerprint density at radius 2 is 1.95 bits per heavy atom. The third-order valence-electron chi connectivity index (χ3n) is 3.40. The molecule has 0 saturated heterocycles. The molecule has 4 nitrogen and oxygen atoms in total. The van der Waals surface area contributed by atoms with E-state index in [-0.39, 0.29) is 5.75 Å². The van der Waals surface area contributed by atoms with Crippen molar-refractivity contribution in [3.8, 4) is 27.6 Å². The molecule has 0 unspecified atom stereocenters. The van der Waals surface area contributed by atoms with Gasteiger partial charge in [0.25, 0.3) is 0 Å². The average molecular weight is 285 g/mol. The van der Waals surface area contributed by atoms with Crippen molar-refractivity contribution in [2.45, 2.75) is 13.8 Å². The first-order valence-electron chi connectivity index (χ1n) is 6.32. The molecule has 5 heteroatoms. The molecular formula is C15H15N3OS. The summed E-state index contributed by atoms with van der Waals surface area (Å²) in [5.41, 5.74) is 4.82. The molecule has 3 rings (SSSR count). The summed E-state index contributed by atoms with van der Waals surface area (Å²) in [4.78, 5) is 4.65. The summed E-state index contributed by atoms with van der Waals surface area (Å²) < 4.78 is 1.86. The van der Waals surface area contributed by atoms with Crippen LogP contribution in [0.3, 0.4) is 0 Å². The fraction of sp³-hybridized carbons (Fsp3) is 0.200. The molecule has 1 N–H and O–H groups in total. The van der Waals surface area contributed by atoms with Gasteiger partial charge in [-0.1, -0.05) is 12.1 Å². The van der Waals surface area contributed by atoms with Crippen molar-refractivity contribution in [2.75, 3.05) is 0 Å². The lowest BCUT2D eigenvalue weighted by molar-refractivity contribution is 0.477. The van der Waals surface area contributed by atoms with E-state index in [4.69, 9.17) is 0 Å². The van der Waals surface area contributed by atoms with Crippen LogP contribution in [0, 0.1) is 13.8 Å². The van der Waals surface area contributed by atoms with E-state index < -0.39 is 0 Å². The van der Waals surface area contributed by atoms with Crippen LogP contribution in [0.15, 0.2) is 29.6 Å². The molecule has 0 amide bonds. The zero-order chi connectivity index (χ0) is 14.3. The van der Waals surface area contributed by atoms with E-state index in [0.29, 0.717) is 0 Å². The molecule has 2 heterocycles. The Hall–Kier alpha value is -2.14. The zero-order valence-corrected chi connectivity index (χ0v) is 12.4. The highest BCUT2D eigenvalue weighted by atomic mass is 32.1. The fourth-order valence-electron chi connectivity index (χ4n) is 2.31. The molecule has 0 aliphatic carbocycles. The van der Waals surface area contributed by atoms with E-state index >= 15 is 0 Å². The van der Waals surface area contributed by atoms with Gasteiger partial charge in [-0.05, 0) is 26.0 Å². The molecule has 0 spiro atoms. The molecule has 102 valence electrons. The Morgan fingerprint density at radius 3 is 2.60 bits per heavy atom. The van der Waals surface area contributed by atoms with Crippen molar-refractivity contribution in [2.24, 2.45) is 7.05 Å². The largest absolute Gasteiger partial charge is 0.507 e. The van der Waals surface area contributed by atoms with Crippen LogP contribution in [0.1, 0.15) is 11.4 Å². The summed E-state index contributed by atoms with van der Waals surface area (Å²) in [7, 11) is 1.93. The second-order valence-electron chi connectivity index (χ2n) is 4.72. The second kappa shape index (κ2) is 4.76. The molecule has 0 bridgehead atoms. The monoisotopic (exact) mass is 285 g/mol. The molecule has 0 aliphatic rings. The lowest BCUT2D eigenvalue weighted by Crippen LogP contribution is -1.92. The highest BCUT2D eigenvalue weighted by Crippen LogP contribution is 2.35. The molecule has 0 radical (unpaired) electrons. The Morgan fingerprint density at radius 1 is 1.20 bits per heavy atom. The van der Waals surface area contributed by atoms with E-state index in [0.717, 1.165) is 33.2 Å². The van der Waals surface area contributed by atoms with Crippen LogP contribution in [-0.2, 0) is 7.05 Å². The number of para-hydroxylation sites is 1. The number of hydrogen-bond donors (Lipinski definition) is 1. The molecule has 2 aromatic heterocycles. The van der Waals surface area contributed by atoms with Crippen molar-refractivity contribution in [3.63, 3.8) is 0 Å². The minimum Gasteiger partial charge on any atom is -0.507 e. The highest BCUT2D eigenvalue weighted by Gasteiger charge is 2.16. The van der Waals surface area contributed by atoms with Crippen LogP contribution < -0.4 is 0 Å². The molecule has 0 fully saturated rings. The van der Waals surface area contributed by atoms with Crippen molar-refractivity contribution in [1.29, 1.82) is 0 Å². The minimum atomic E-state index is 0.257. The summed E-state index contributed by atoms with van der Waals surface area (Å²) in [6.07, 6.45) is 0. The van der Waals surface area contributed by atoms with Crippen molar-refractivity contribution in [1.82, 2.24) is 14.8 Å². The molecule has 3 aromatic rings. The molecular weight excluding hydrogens is 270 g/mol. The van der Waals surface area contributed by atoms with Gasteiger partial charge in [-0.15, -0.1) is 11.3 Å². The van der Waals surface area contributed by atoms with E-state index in [1.54, 1.807) is 6.07 Å². The number of phenolic OH excluding ortho intramolecular Hbond substituents is 1. The maximum absolute atomic E-state index is 9.91.